The van der Waals surface area contributed by atoms with Gasteiger partial charge in [0, 0.05) is 24.7 Å². The number of pyridine rings is 1. The second-order valence-corrected chi connectivity index (χ2v) is 2.25. The third-order valence-corrected chi connectivity index (χ3v) is 1.54. The minimum absolute atomic E-state index is 0.962. The van der Waals surface area contributed by atoms with E-state index in [0.717, 1.165) is 24.3 Å². The van der Waals surface area contributed by atoms with E-state index < -0.39 is 0 Å². The van der Waals surface area contributed by atoms with E-state index in [-0.39, 0.29) is 0 Å². The van der Waals surface area contributed by atoms with Crippen molar-refractivity contribution in [1.82, 2.24) is 4.98 Å². The molecule has 0 amide bonds. The van der Waals surface area contributed by atoms with Crippen LogP contribution in [0.5, 0.6) is 0 Å². The summed E-state index contributed by atoms with van der Waals surface area (Å²) in [5.41, 5.74) is 1.11. The Hall–Kier alpha value is -1.05. The summed E-state index contributed by atoms with van der Waals surface area (Å²) in [7, 11) is 0. The van der Waals surface area contributed by atoms with Gasteiger partial charge in [0.25, 0.3) is 0 Å². The van der Waals surface area contributed by atoms with Gasteiger partial charge in [-0.25, -0.2) is 4.98 Å². The van der Waals surface area contributed by atoms with Crippen molar-refractivity contribution >= 4 is 5.82 Å². The highest BCUT2D eigenvalue weighted by Gasteiger charge is 2.07. The second kappa shape index (κ2) is 2.29. The van der Waals surface area contributed by atoms with Gasteiger partial charge < -0.3 is 5.32 Å². The van der Waals surface area contributed by atoms with E-state index in [4.69, 9.17) is 0 Å². The summed E-state index contributed by atoms with van der Waals surface area (Å²) in [6, 6.07) is 3.95. The molecule has 2 rings (SSSR count). The molecule has 0 saturated heterocycles. The summed E-state index contributed by atoms with van der Waals surface area (Å²) in [6.07, 6.45) is 6.01. The van der Waals surface area contributed by atoms with Crippen LogP contribution in [0, 0.1) is 6.42 Å². The minimum Gasteiger partial charge on any atom is -0.370 e. The molecule has 0 aromatic carbocycles. The van der Waals surface area contributed by atoms with Crippen molar-refractivity contribution in [3.63, 3.8) is 0 Å². The van der Waals surface area contributed by atoms with Gasteiger partial charge in [-0.05, 0) is 12.5 Å². The number of hydrogen-bond donors (Lipinski definition) is 1. The zero-order chi connectivity index (χ0) is 6.81. The second-order valence-electron chi connectivity index (χ2n) is 2.25. The Morgan fingerprint density at radius 3 is 3.50 bits per heavy atom. The van der Waals surface area contributed by atoms with Crippen LogP contribution in [0.3, 0.4) is 0 Å². The molecular weight excluding hydrogens is 124 g/mol. The largest absolute Gasteiger partial charge is 0.370 e. The van der Waals surface area contributed by atoms with Gasteiger partial charge in [0.15, 0.2) is 0 Å². The van der Waals surface area contributed by atoms with Crippen molar-refractivity contribution in [3.05, 3.63) is 30.3 Å². The Kier molecular flexibility index (Phi) is 1.31. The first-order valence-electron chi connectivity index (χ1n) is 3.39. The standard InChI is InChI=1S/C8H8N2/c1-3-7-4-2-6-10-8(7)9-5-1/h1,3,5H,2,6H2,(H,9,10). The lowest BCUT2D eigenvalue weighted by molar-refractivity contribution is 0.951. The first-order chi connectivity index (χ1) is 4.97. The Morgan fingerprint density at radius 1 is 1.60 bits per heavy atom. The number of anilines is 1. The molecule has 2 radical (unpaired) electrons. The van der Waals surface area contributed by atoms with E-state index >= 15 is 0 Å². The number of rotatable bonds is 0. The molecule has 0 bridgehead atoms. The van der Waals surface area contributed by atoms with E-state index in [1.807, 2.05) is 12.1 Å². The molecule has 10 heavy (non-hydrogen) atoms. The van der Waals surface area contributed by atoms with Crippen LogP contribution in [0.4, 0.5) is 5.82 Å². The molecule has 1 aromatic rings. The molecule has 2 heteroatoms. The van der Waals surface area contributed by atoms with Gasteiger partial charge in [-0.15, -0.1) is 0 Å². The third-order valence-electron chi connectivity index (χ3n) is 1.54. The fourth-order valence-electron chi connectivity index (χ4n) is 1.07. The van der Waals surface area contributed by atoms with Crippen LogP contribution < -0.4 is 5.32 Å². The Morgan fingerprint density at radius 2 is 2.60 bits per heavy atom. The van der Waals surface area contributed by atoms with E-state index in [1.165, 1.54) is 0 Å². The van der Waals surface area contributed by atoms with Crippen molar-refractivity contribution in [2.45, 2.75) is 6.42 Å². The van der Waals surface area contributed by atoms with Gasteiger partial charge in [0.2, 0.25) is 0 Å². The fourth-order valence-corrected chi connectivity index (χ4v) is 1.07. The molecule has 0 atom stereocenters. The normalized spacial score (nSPS) is 15.6. The molecule has 0 spiro atoms. The van der Waals surface area contributed by atoms with Crippen molar-refractivity contribution in [1.29, 1.82) is 0 Å². The predicted octanol–water partition coefficient (Wildman–Crippen LogP) is 1.33. The first kappa shape index (κ1) is 5.71. The van der Waals surface area contributed by atoms with Crippen LogP contribution in [-0.2, 0) is 0 Å². The van der Waals surface area contributed by atoms with Crippen LogP contribution in [0.1, 0.15) is 12.0 Å². The molecule has 0 aliphatic carbocycles. The predicted molar refractivity (Wildman–Crippen MR) is 39.7 cm³/mol. The summed E-state index contributed by atoms with van der Waals surface area (Å²) in [6.45, 7) is 0.962. The van der Waals surface area contributed by atoms with Crippen molar-refractivity contribution in [3.8, 4) is 0 Å². The maximum Gasteiger partial charge on any atom is 0.129 e. The summed E-state index contributed by atoms with van der Waals surface area (Å²) in [5.74, 6) is 0.966. The molecular formula is C8H8N2. The van der Waals surface area contributed by atoms with Gasteiger partial charge in [0.1, 0.15) is 5.82 Å². The summed E-state index contributed by atoms with van der Waals surface area (Å²) in [4.78, 5) is 4.15. The summed E-state index contributed by atoms with van der Waals surface area (Å²) in [5, 5.41) is 3.19. The molecule has 2 nitrogen and oxygen atoms in total. The monoisotopic (exact) mass is 132 g/mol. The Bertz CT molecular complexity index is 207. The van der Waals surface area contributed by atoms with Gasteiger partial charge in [-0.3, -0.25) is 0 Å². The molecule has 2 heterocycles. The van der Waals surface area contributed by atoms with Crippen molar-refractivity contribution in [2.24, 2.45) is 0 Å². The number of nitrogens with zero attached hydrogens (tertiary/aromatic N) is 1. The van der Waals surface area contributed by atoms with Gasteiger partial charge in [0.05, 0.1) is 0 Å². The summed E-state index contributed by atoms with van der Waals surface area (Å²) < 4.78 is 0. The molecule has 1 N–H and O–H groups in total. The SMILES string of the molecule is [C]1CCNc2ncccc21. The highest BCUT2D eigenvalue weighted by molar-refractivity contribution is 5.50. The topological polar surface area (TPSA) is 24.9 Å². The van der Waals surface area contributed by atoms with Crippen LogP contribution >= 0.6 is 0 Å². The molecule has 0 saturated carbocycles. The van der Waals surface area contributed by atoms with E-state index in [9.17, 15) is 0 Å². The summed E-state index contributed by atoms with van der Waals surface area (Å²) >= 11 is 0. The number of hydrogen-bond acceptors (Lipinski definition) is 2. The minimum atomic E-state index is 0.962. The quantitative estimate of drug-likeness (QED) is 0.576. The van der Waals surface area contributed by atoms with Crippen molar-refractivity contribution in [2.75, 3.05) is 11.9 Å². The molecule has 0 fully saturated rings. The molecule has 1 aliphatic rings. The van der Waals surface area contributed by atoms with E-state index in [1.54, 1.807) is 6.20 Å². The average molecular weight is 132 g/mol. The molecule has 50 valence electrons. The molecule has 1 aliphatic heterocycles. The van der Waals surface area contributed by atoms with Gasteiger partial charge in [-0.2, -0.15) is 0 Å². The lowest BCUT2D eigenvalue weighted by atomic mass is 10.1. The first-order valence-corrected chi connectivity index (χ1v) is 3.39. The molecule has 1 aromatic heterocycles. The number of nitrogens with one attached hydrogen (secondary N) is 1. The fraction of sp³-hybridized carbons (Fsp3) is 0.250. The van der Waals surface area contributed by atoms with Crippen LogP contribution in [-0.4, -0.2) is 11.5 Å². The maximum absolute atomic E-state index is 4.15. The Balaban J connectivity index is 2.41. The van der Waals surface area contributed by atoms with Gasteiger partial charge in [-0.1, -0.05) is 6.07 Å². The highest BCUT2D eigenvalue weighted by atomic mass is 15.0. The lowest BCUT2D eigenvalue weighted by Crippen LogP contribution is -2.11. The van der Waals surface area contributed by atoms with Crippen molar-refractivity contribution < 1.29 is 0 Å². The Labute approximate surface area is 60.3 Å². The van der Waals surface area contributed by atoms with E-state index in [0.29, 0.717) is 0 Å². The average Bonchev–Trinajstić information content (AvgIpc) is 2.05. The zero-order valence-corrected chi connectivity index (χ0v) is 5.59. The third kappa shape index (κ3) is 0.856. The van der Waals surface area contributed by atoms with Crippen LogP contribution in [0.25, 0.3) is 0 Å². The molecule has 0 unspecified atom stereocenters. The van der Waals surface area contributed by atoms with Crippen LogP contribution in [0.2, 0.25) is 0 Å². The highest BCUT2D eigenvalue weighted by Crippen LogP contribution is 2.18. The van der Waals surface area contributed by atoms with Gasteiger partial charge >= 0.3 is 0 Å². The lowest BCUT2D eigenvalue weighted by Gasteiger charge is -2.14. The smallest absolute Gasteiger partial charge is 0.129 e. The number of fused-ring (bicyclic) bond motifs is 1. The van der Waals surface area contributed by atoms with E-state index in [2.05, 4.69) is 16.7 Å². The van der Waals surface area contributed by atoms with Crippen LogP contribution in [0.15, 0.2) is 18.3 Å². The zero-order valence-electron chi connectivity index (χ0n) is 5.59. The maximum atomic E-state index is 4.15. The number of aromatic nitrogens is 1.